The van der Waals surface area contributed by atoms with Crippen LogP contribution in [-0.2, 0) is 25.4 Å². The zero-order valence-electron chi connectivity index (χ0n) is 21.2. The summed E-state index contributed by atoms with van der Waals surface area (Å²) in [5.41, 5.74) is -0.661. The standard InChI is InChI=1S/C24H36N2O8/c1-23(2,3)33-21(28)26-14-18(31-22(29)34-24(4,5)6)19(32-20(27)25-7)17(26)13-15-9-11-16(30-8)12-10-15/h9-12,17-19H,13-14H2,1-8H3,(H,25,27)/t17-,18+,19+/m1/s1. The second-order valence-corrected chi connectivity index (χ2v) is 9.99. The predicted molar refractivity (Wildman–Crippen MR) is 124 cm³/mol. The SMILES string of the molecule is CNC(=O)O[C@@H]1[C@@H](OC(=O)OC(C)(C)C)CN(C(=O)OC(C)(C)C)[C@@H]1Cc1ccc(OC)cc1. The van der Waals surface area contributed by atoms with Gasteiger partial charge in [0.05, 0.1) is 19.7 Å². The fraction of sp³-hybridized carbons (Fsp3) is 0.625. The van der Waals surface area contributed by atoms with Crippen LogP contribution in [0, 0.1) is 0 Å². The van der Waals surface area contributed by atoms with Crippen LogP contribution in [0.15, 0.2) is 24.3 Å². The summed E-state index contributed by atoms with van der Waals surface area (Å²) in [6, 6.07) is 6.64. The van der Waals surface area contributed by atoms with Crippen LogP contribution in [0.25, 0.3) is 0 Å². The Labute approximate surface area is 200 Å². The number of ether oxygens (including phenoxy) is 5. The molecule has 3 atom stereocenters. The van der Waals surface area contributed by atoms with Gasteiger partial charge in [0.2, 0.25) is 0 Å². The summed E-state index contributed by atoms with van der Waals surface area (Å²) in [6.07, 6.45) is -3.83. The van der Waals surface area contributed by atoms with Gasteiger partial charge < -0.3 is 29.0 Å². The first-order valence-corrected chi connectivity index (χ1v) is 11.1. The third kappa shape index (κ3) is 8.00. The first-order valence-electron chi connectivity index (χ1n) is 11.1. The lowest BCUT2D eigenvalue weighted by molar-refractivity contribution is -0.0516. The largest absolute Gasteiger partial charge is 0.509 e. The van der Waals surface area contributed by atoms with Crippen LogP contribution in [0.3, 0.4) is 0 Å². The highest BCUT2D eigenvalue weighted by Crippen LogP contribution is 2.30. The molecule has 0 unspecified atom stereocenters. The molecular formula is C24H36N2O8. The van der Waals surface area contributed by atoms with Crippen LogP contribution in [0.2, 0.25) is 0 Å². The van der Waals surface area contributed by atoms with E-state index in [0.717, 1.165) is 5.56 Å². The van der Waals surface area contributed by atoms with E-state index in [1.165, 1.54) is 11.9 Å². The van der Waals surface area contributed by atoms with Crippen LogP contribution in [-0.4, -0.2) is 73.4 Å². The van der Waals surface area contributed by atoms with Gasteiger partial charge in [0, 0.05) is 7.05 Å². The Kier molecular flexibility index (Phi) is 8.63. The first-order chi connectivity index (χ1) is 15.7. The molecule has 34 heavy (non-hydrogen) atoms. The second kappa shape index (κ2) is 10.8. The van der Waals surface area contributed by atoms with Crippen molar-refractivity contribution in [2.45, 2.75) is 77.4 Å². The summed E-state index contributed by atoms with van der Waals surface area (Å²) in [4.78, 5) is 39.1. The molecule has 1 N–H and O–H groups in total. The number of alkyl carbamates (subject to hydrolysis) is 1. The maximum Gasteiger partial charge on any atom is 0.509 e. The van der Waals surface area contributed by atoms with Crippen molar-refractivity contribution in [3.05, 3.63) is 29.8 Å². The minimum Gasteiger partial charge on any atom is -0.497 e. The first kappa shape index (κ1) is 27.1. The van der Waals surface area contributed by atoms with Crippen molar-refractivity contribution in [2.75, 3.05) is 20.7 Å². The van der Waals surface area contributed by atoms with E-state index in [4.69, 9.17) is 23.7 Å². The van der Waals surface area contributed by atoms with Gasteiger partial charge in [-0.3, -0.25) is 4.90 Å². The molecule has 0 aliphatic carbocycles. The molecule has 0 spiro atoms. The number of carbonyl (C=O) groups excluding carboxylic acids is 3. The Morgan fingerprint density at radius 2 is 1.56 bits per heavy atom. The molecule has 2 amide bonds. The molecule has 0 aromatic heterocycles. The van der Waals surface area contributed by atoms with Gasteiger partial charge in [-0.2, -0.15) is 0 Å². The lowest BCUT2D eigenvalue weighted by Crippen LogP contribution is -2.46. The van der Waals surface area contributed by atoms with Crippen LogP contribution < -0.4 is 10.1 Å². The summed E-state index contributed by atoms with van der Waals surface area (Å²) >= 11 is 0. The summed E-state index contributed by atoms with van der Waals surface area (Å²) in [5.74, 6) is 0.684. The zero-order chi connectivity index (χ0) is 25.7. The van der Waals surface area contributed by atoms with Crippen molar-refractivity contribution in [1.29, 1.82) is 0 Å². The van der Waals surface area contributed by atoms with Gasteiger partial charge in [0.25, 0.3) is 0 Å². The molecule has 1 aliphatic rings. The summed E-state index contributed by atoms with van der Waals surface area (Å²) < 4.78 is 27.2. The van der Waals surface area contributed by atoms with E-state index in [9.17, 15) is 14.4 Å². The number of methoxy groups -OCH3 is 1. The van der Waals surface area contributed by atoms with Crippen LogP contribution >= 0.6 is 0 Å². The fourth-order valence-electron chi connectivity index (χ4n) is 3.46. The molecule has 2 rings (SSSR count). The number of rotatable bonds is 5. The number of nitrogens with zero attached hydrogens (tertiary/aromatic N) is 1. The van der Waals surface area contributed by atoms with Crippen molar-refractivity contribution in [2.24, 2.45) is 0 Å². The highest BCUT2D eigenvalue weighted by atomic mass is 16.7. The second-order valence-electron chi connectivity index (χ2n) is 9.99. The predicted octanol–water partition coefficient (Wildman–Crippen LogP) is 3.90. The molecule has 0 bridgehead atoms. The van der Waals surface area contributed by atoms with Crippen molar-refractivity contribution in [3.63, 3.8) is 0 Å². The molecule has 1 aliphatic heterocycles. The monoisotopic (exact) mass is 480 g/mol. The Morgan fingerprint density at radius 3 is 2.06 bits per heavy atom. The van der Waals surface area contributed by atoms with Gasteiger partial charge in [-0.15, -0.1) is 0 Å². The van der Waals surface area contributed by atoms with Gasteiger partial charge in [-0.05, 0) is 65.7 Å². The quantitative estimate of drug-likeness (QED) is 0.499. The molecule has 1 saturated heterocycles. The van der Waals surface area contributed by atoms with Crippen LogP contribution in [0.5, 0.6) is 5.75 Å². The molecule has 10 nitrogen and oxygen atoms in total. The third-order valence-corrected chi connectivity index (χ3v) is 4.84. The van der Waals surface area contributed by atoms with Crippen molar-refractivity contribution in [3.8, 4) is 5.75 Å². The molecule has 10 heteroatoms. The molecule has 1 aromatic carbocycles. The Balaban J connectivity index is 2.38. The summed E-state index contributed by atoms with van der Waals surface area (Å²) in [5, 5.41) is 2.40. The smallest absolute Gasteiger partial charge is 0.497 e. The third-order valence-electron chi connectivity index (χ3n) is 4.84. The van der Waals surface area contributed by atoms with Gasteiger partial charge >= 0.3 is 18.3 Å². The maximum absolute atomic E-state index is 13.1. The minimum atomic E-state index is -0.956. The van der Waals surface area contributed by atoms with Gasteiger partial charge in [0.15, 0.2) is 12.2 Å². The van der Waals surface area contributed by atoms with E-state index in [1.807, 2.05) is 12.1 Å². The normalized spacial score (nSPS) is 20.4. The van der Waals surface area contributed by atoms with Crippen molar-refractivity contribution < 1.29 is 38.1 Å². The number of benzene rings is 1. The highest BCUT2D eigenvalue weighted by Gasteiger charge is 2.50. The van der Waals surface area contributed by atoms with E-state index in [-0.39, 0.29) is 6.54 Å². The molecule has 1 heterocycles. The summed E-state index contributed by atoms with van der Waals surface area (Å²) in [7, 11) is 2.99. The van der Waals surface area contributed by atoms with Crippen molar-refractivity contribution >= 4 is 18.3 Å². The molecular weight excluding hydrogens is 444 g/mol. The fourth-order valence-corrected chi connectivity index (χ4v) is 3.46. The molecule has 190 valence electrons. The lowest BCUT2D eigenvalue weighted by atomic mass is 10.0. The highest BCUT2D eigenvalue weighted by molar-refractivity contribution is 5.71. The lowest BCUT2D eigenvalue weighted by Gasteiger charge is -2.30. The summed E-state index contributed by atoms with van der Waals surface area (Å²) in [6.45, 7) is 10.4. The number of nitrogens with one attached hydrogen (secondary N) is 1. The molecule has 0 saturated carbocycles. The van der Waals surface area contributed by atoms with Crippen LogP contribution in [0.1, 0.15) is 47.1 Å². The Hall–Kier alpha value is -3.17. The van der Waals surface area contributed by atoms with Crippen molar-refractivity contribution in [1.82, 2.24) is 10.2 Å². The minimum absolute atomic E-state index is 0.0311. The number of likely N-dealkylation sites (tertiary alicyclic amines) is 1. The van der Waals surface area contributed by atoms with Gasteiger partial charge in [-0.25, -0.2) is 14.4 Å². The average molecular weight is 481 g/mol. The Bertz CT molecular complexity index is 857. The topological polar surface area (TPSA) is 113 Å². The van der Waals surface area contributed by atoms with Gasteiger partial charge in [0.1, 0.15) is 17.0 Å². The molecule has 0 radical (unpaired) electrons. The molecule has 1 aromatic rings. The number of hydrogen-bond donors (Lipinski definition) is 1. The van der Waals surface area contributed by atoms with Crippen LogP contribution in [0.4, 0.5) is 14.4 Å². The number of amides is 2. The van der Waals surface area contributed by atoms with E-state index < -0.39 is 47.8 Å². The van der Waals surface area contributed by atoms with Gasteiger partial charge in [-0.1, -0.05) is 12.1 Å². The van der Waals surface area contributed by atoms with E-state index in [0.29, 0.717) is 12.2 Å². The maximum atomic E-state index is 13.1. The zero-order valence-corrected chi connectivity index (χ0v) is 21.2. The average Bonchev–Trinajstić information content (AvgIpc) is 3.02. The Morgan fingerprint density at radius 1 is 0.971 bits per heavy atom. The van der Waals surface area contributed by atoms with E-state index in [1.54, 1.807) is 60.8 Å². The van der Waals surface area contributed by atoms with E-state index >= 15 is 0 Å². The number of carbonyl (C=O) groups is 3. The van der Waals surface area contributed by atoms with E-state index in [2.05, 4.69) is 5.32 Å². The molecule has 1 fully saturated rings. The number of hydrogen-bond acceptors (Lipinski definition) is 8.